The highest BCUT2D eigenvalue weighted by molar-refractivity contribution is 6.10. The smallest absolute Gasteiger partial charge is 0.313 e. The maximum Gasteiger partial charge on any atom is 0.327 e. The number of urea groups is 1. The summed E-state index contributed by atoms with van der Waals surface area (Å²) in [7, 11) is 1.70. The lowest BCUT2D eigenvalue weighted by Crippen LogP contribution is -2.50. The molecule has 1 spiro atoms. The van der Waals surface area contributed by atoms with Crippen molar-refractivity contribution in [2.75, 3.05) is 25.0 Å². The van der Waals surface area contributed by atoms with Crippen LogP contribution in [0.5, 0.6) is 0 Å². The monoisotopic (exact) mass is 369 g/mol. The van der Waals surface area contributed by atoms with Gasteiger partial charge >= 0.3 is 6.03 Å². The molecule has 3 aliphatic rings. The lowest BCUT2D eigenvalue weighted by molar-refractivity contribution is -0.136. The summed E-state index contributed by atoms with van der Waals surface area (Å²) in [6.07, 6.45) is 6.24. The van der Waals surface area contributed by atoms with Gasteiger partial charge < -0.3 is 9.80 Å². The third kappa shape index (κ3) is 2.73. The number of para-hydroxylation sites is 1. The standard InChI is InChI=1S/C21H27N3O3/c1-15-8-6-9-16-10-7-13-23(18(15)16)17(25)14-24-19(26)21(22(2)20(24)27)11-4-3-5-12-21/h6,8-9H,3-5,7,10-14H2,1-2H3. The number of carbonyl (C=O) groups is 3. The zero-order valence-corrected chi connectivity index (χ0v) is 16.2. The number of likely N-dealkylation sites (N-methyl/N-ethyl adjacent to an activating group) is 1. The third-order valence-electron chi connectivity index (χ3n) is 6.50. The lowest BCUT2D eigenvalue weighted by atomic mass is 9.81. The molecule has 0 radical (unpaired) electrons. The van der Waals surface area contributed by atoms with Crippen molar-refractivity contribution < 1.29 is 14.4 Å². The van der Waals surface area contributed by atoms with Crippen LogP contribution in [-0.4, -0.2) is 53.3 Å². The predicted octanol–water partition coefficient (Wildman–Crippen LogP) is 2.87. The molecule has 2 fully saturated rings. The van der Waals surface area contributed by atoms with Crippen LogP contribution in [0.4, 0.5) is 10.5 Å². The largest absolute Gasteiger partial charge is 0.327 e. The molecular weight excluding hydrogens is 342 g/mol. The maximum absolute atomic E-state index is 13.1. The van der Waals surface area contributed by atoms with Gasteiger partial charge in [-0.15, -0.1) is 0 Å². The van der Waals surface area contributed by atoms with Crippen molar-refractivity contribution in [2.24, 2.45) is 0 Å². The summed E-state index contributed by atoms with van der Waals surface area (Å²) < 4.78 is 0. The second-order valence-corrected chi connectivity index (χ2v) is 8.06. The molecule has 4 rings (SSSR count). The average Bonchev–Trinajstić information content (AvgIpc) is 2.85. The molecule has 1 aromatic carbocycles. The van der Waals surface area contributed by atoms with Gasteiger partial charge in [0, 0.05) is 19.3 Å². The fourth-order valence-electron chi connectivity index (χ4n) is 4.99. The SMILES string of the molecule is Cc1cccc2c1N(C(=O)CN1C(=O)N(C)C3(CCCCC3)C1=O)CCC2. The Balaban J connectivity index is 1.58. The molecule has 0 atom stereocenters. The fourth-order valence-corrected chi connectivity index (χ4v) is 4.99. The number of anilines is 1. The molecule has 1 saturated heterocycles. The van der Waals surface area contributed by atoms with Crippen LogP contribution in [0.15, 0.2) is 18.2 Å². The number of rotatable bonds is 2. The van der Waals surface area contributed by atoms with Gasteiger partial charge in [0.1, 0.15) is 12.1 Å². The molecule has 6 heteroatoms. The molecule has 0 N–H and O–H groups in total. The highest BCUT2D eigenvalue weighted by atomic mass is 16.2. The zero-order chi connectivity index (χ0) is 19.2. The predicted molar refractivity (Wildman–Crippen MR) is 103 cm³/mol. The van der Waals surface area contributed by atoms with Crippen molar-refractivity contribution in [3.8, 4) is 0 Å². The van der Waals surface area contributed by atoms with Gasteiger partial charge in [0.25, 0.3) is 5.91 Å². The van der Waals surface area contributed by atoms with E-state index in [4.69, 9.17) is 0 Å². The number of hydrogen-bond donors (Lipinski definition) is 0. The van der Waals surface area contributed by atoms with Crippen LogP contribution in [0.25, 0.3) is 0 Å². The van der Waals surface area contributed by atoms with Gasteiger partial charge in [-0.25, -0.2) is 4.79 Å². The van der Waals surface area contributed by atoms with E-state index in [0.717, 1.165) is 48.9 Å². The Bertz CT molecular complexity index is 798. The molecule has 144 valence electrons. The number of fused-ring (bicyclic) bond motifs is 1. The van der Waals surface area contributed by atoms with Gasteiger partial charge in [0.2, 0.25) is 5.91 Å². The van der Waals surface area contributed by atoms with Crippen LogP contribution in [0, 0.1) is 6.92 Å². The number of benzene rings is 1. The second-order valence-electron chi connectivity index (χ2n) is 8.06. The van der Waals surface area contributed by atoms with Crippen LogP contribution in [0.3, 0.4) is 0 Å². The summed E-state index contributed by atoms with van der Waals surface area (Å²) in [5.41, 5.74) is 2.44. The Hall–Kier alpha value is -2.37. The molecule has 6 nitrogen and oxygen atoms in total. The molecule has 2 heterocycles. The Morgan fingerprint density at radius 1 is 1.11 bits per heavy atom. The van der Waals surface area contributed by atoms with Crippen molar-refractivity contribution in [1.82, 2.24) is 9.80 Å². The first kappa shape index (κ1) is 18.0. The molecule has 1 saturated carbocycles. The summed E-state index contributed by atoms with van der Waals surface area (Å²) in [6.45, 7) is 2.47. The summed E-state index contributed by atoms with van der Waals surface area (Å²) in [4.78, 5) is 43.5. The highest BCUT2D eigenvalue weighted by Crippen LogP contribution is 2.39. The van der Waals surface area contributed by atoms with Gasteiger partial charge in [-0.05, 0) is 43.7 Å². The second kappa shape index (κ2) is 6.66. The molecule has 27 heavy (non-hydrogen) atoms. The van der Waals surface area contributed by atoms with Crippen molar-refractivity contribution in [1.29, 1.82) is 0 Å². The number of aryl methyl sites for hydroxylation is 2. The molecule has 0 unspecified atom stereocenters. The number of hydrogen-bond acceptors (Lipinski definition) is 3. The molecule has 1 aliphatic carbocycles. The summed E-state index contributed by atoms with van der Waals surface area (Å²) in [5, 5.41) is 0. The Kier molecular flexibility index (Phi) is 4.44. The van der Waals surface area contributed by atoms with E-state index in [1.54, 1.807) is 16.8 Å². The molecule has 0 aromatic heterocycles. The molecule has 4 amide bonds. The van der Waals surface area contributed by atoms with Crippen molar-refractivity contribution >= 4 is 23.5 Å². The summed E-state index contributed by atoms with van der Waals surface area (Å²) in [6, 6.07) is 5.73. The van der Waals surface area contributed by atoms with E-state index in [1.807, 2.05) is 19.1 Å². The van der Waals surface area contributed by atoms with E-state index in [1.165, 1.54) is 4.90 Å². The minimum atomic E-state index is -0.731. The van der Waals surface area contributed by atoms with Gasteiger partial charge in [-0.1, -0.05) is 37.5 Å². The third-order valence-corrected chi connectivity index (χ3v) is 6.50. The first-order chi connectivity index (χ1) is 13.0. The van der Waals surface area contributed by atoms with E-state index < -0.39 is 5.54 Å². The van der Waals surface area contributed by atoms with E-state index in [0.29, 0.717) is 19.4 Å². The number of amides is 4. The van der Waals surface area contributed by atoms with E-state index in [2.05, 4.69) is 6.07 Å². The van der Waals surface area contributed by atoms with Crippen molar-refractivity contribution in [2.45, 2.75) is 57.4 Å². The minimum Gasteiger partial charge on any atom is -0.313 e. The highest BCUT2D eigenvalue weighted by Gasteiger charge is 2.56. The van der Waals surface area contributed by atoms with Gasteiger partial charge in [-0.3, -0.25) is 14.5 Å². The maximum atomic E-state index is 13.1. The topological polar surface area (TPSA) is 60.9 Å². The minimum absolute atomic E-state index is 0.169. The number of carbonyl (C=O) groups excluding carboxylic acids is 3. The number of nitrogens with zero attached hydrogens (tertiary/aromatic N) is 3. The molecule has 2 aliphatic heterocycles. The normalized spacial score (nSPS) is 21.8. The fraction of sp³-hybridized carbons (Fsp3) is 0.571. The van der Waals surface area contributed by atoms with Crippen LogP contribution >= 0.6 is 0 Å². The zero-order valence-electron chi connectivity index (χ0n) is 16.2. The number of imide groups is 1. The van der Waals surface area contributed by atoms with Crippen molar-refractivity contribution in [3.63, 3.8) is 0 Å². The van der Waals surface area contributed by atoms with E-state index in [9.17, 15) is 14.4 Å². The van der Waals surface area contributed by atoms with Crippen LogP contribution < -0.4 is 4.90 Å². The van der Waals surface area contributed by atoms with E-state index >= 15 is 0 Å². The van der Waals surface area contributed by atoms with Crippen LogP contribution in [-0.2, 0) is 16.0 Å². The molecular formula is C21H27N3O3. The molecule has 0 bridgehead atoms. The summed E-state index contributed by atoms with van der Waals surface area (Å²) in [5.74, 6) is -0.363. The van der Waals surface area contributed by atoms with Gasteiger partial charge in [0.15, 0.2) is 0 Å². The summed E-state index contributed by atoms with van der Waals surface area (Å²) >= 11 is 0. The van der Waals surface area contributed by atoms with Crippen molar-refractivity contribution in [3.05, 3.63) is 29.3 Å². The van der Waals surface area contributed by atoms with Gasteiger partial charge in [-0.2, -0.15) is 0 Å². The van der Waals surface area contributed by atoms with E-state index in [-0.39, 0.29) is 24.4 Å². The lowest BCUT2D eigenvalue weighted by Gasteiger charge is -2.36. The Morgan fingerprint density at radius 2 is 1.85 bits per heavy atom. The average molecular weight is 369 g/mol. The van der Waals surface area contributed by atoms with Crippen LogP contribution in [0.1, 0.15) is 49.7 Å². The quantitative estimate of drug-likeness (QED) is 0.753. The first-order valence-corrected chi connectivity index (χ1v) is 9.94. The molecule has 1 aromatic rings. The first-order valence-electron chi connectivity index (χ1n) is 9.94. The van der Waals surface area contributed by atoms with Crippen LogP contribution in [0.2, 0.25) is 0 Å². The van der Waals surface area contributed by atoms with Gasteiger partial charge in [0.05, 0.1) is 0 Å². The Morgan fingerprint density at radius 3 is 2.59 bits per heavy atom. The Labute approximate surface area is 160 Å².